The maximum Gasteiger partial charge on any atom is 0.315 e. The van der Waals surface area contributed by atoms with E-state index in [0.29, 0.717) is 6.04 Å². The number of hydrogen-bond acceptors (Lipinski definition) is 2. The van der Waals surface area contributed by atoms with Gasteiger partial charge in [-0.25, -0.2) is 4.79 Å². The Morgan fingerprint density at radius 1 is 1.36 bits per heavy atom. The van der Waals surface area contributed by atoms with Crippen LogP contribution in [0.1, 0.15) is 26.2 Å². The molecule has 1 atom stereocenters. The summed E-state index contributed by atoms with van der Waals surface area (Å²) in [4.78, 5) is 22.3. The highest BCUT2D eigenvalue weighted by Gasteiger charge is 2.21. The second-order valence-corrected chi connectivity index (χ2v) is 3.58. The van der Waals surface area contributed by atoms with Crippen LogP contribution in [0.25, 0.3) is 0 Å². The standard InChI is InChI=1S/C9H17N3O2/c1-6(8(13)10-2)11-9(14)12-7-4-3-5-7/h6-7H,3-5H2,1-2H3,(H,10,13)(H2,11,12,14). The van der Waals surface area contributed by atoms with Crippen molar-refractivity contribution >= 4 is 11.9 Å². The van der Waals surface area contributed by atoms with Crippen LogP contribution in [-0.4, -0.2) is 31.1 Å². The first-order valence-corrected chi connectivity index (χ1v) is 4.92. The summed E-state index contributed by atoms with van der Waals surface area (Å²) in [6.07, 6.45) is 3.26. The first kappa shape index (κ1) is 10.8. The molecule has 0 aromatic rings. The zero-order valence-electron chi connectivity index (χ0n) is 8.59. The summed E-state index contributed by atoms with van der Waals surface area (Å²) in [7, 11) is 1.55. The highest BCUT2D eigenvalue weighted by Crippen LogP contribution is 2.17. The van der Waals surface area contributed by atoms with E-state index in [1.54, 1.807) is 14.0 Å². The van der Waals surface area contributed by atoms with Crippen LogP contribution >= 0.6 is 0 Å². The number of nitrogens with one attached hydrogen (secondary N) is 3. The summed E-state index contributed by atoms with van der Waals surface area (Å²) < 4.78 is 0. The molecule has 1 fully saturated rings. The van der Waals surface area contributed by atoms with E-state index in [4.69, 9.17) is 0 Å². The van der Waals surface area contributed by atoms with Crippen LogP contribution in [0.5, 0.6) is 0 Å². The highest BCUT2D eigenvalue weighted by molar-refractivity contribution is 5.86. The normalized spacial score (nSPS) is 17.9. The molecule has 5 nitrogen and oxygen atoms in total. The summed E-state index contributed by atoms with van der Waals surface area (Å²) in [5.41, 5.74) is 0. The fourth-order valence-corrected chi connectivity index (χ4v) is 1.26. The molecular weight excluding hydrogens is 182 g/mol. The Hall–Kier alpha value is -1.26. The lowest BCUT2D eigenvalue weighted by atomic mass is 9.93. The number of likely N-dealkylation sites (N-methyl/N-ethyl adjacent to an activating group) is 1. The number of carbonyl (C=O) groups excluding carboxylic acids is 2. The van der Waals surface area contributed by atoms with E-state index >= 15 is 0 Å². The summed E-state index contributed by atoms with van der Waals surface area (Å²) >= 11 is 0. The number of amides is 3. The predicted octanol–water partition coefficient (Wildman–Crippen LogP) is -0.0274. The fourth-order valence-electron chi connectivity index (χ4n) is 1.26. The van der Waals surface area contributed by atoms with Crippen molar-refractivity contribution in [2.75, 3.05) is 7.05 Å². The van der Waals surface area contributed by atoms with E-state index < -0.39 is 6.04 Å². The third-order valence-corrected chi connectivity index (χ3v) is 2.43. The van der Waals surface area contributed by atoms with Crippen LogP contribution in [0.4, 0.5) is 4.79 Å². The van der Waals surface area contributed by atoms with Gasteiger partial charge in [0, 0.05) is 13.1 Å². The van der Waals surface area contributed by atoms with Crippen LogP contribution in [0.15, 0.2) is 0 Å². The quantitative estimate of drug-likeness (QED) is 0.597. The Bertz CT molecular complexity index is 226. The molecule has 3 N–H and O–H groups in total. The molecule has 1 saturated carbocycles. The van der Waals surface area contributed by atoms with Crippen molar-refractivity contribution in [2.24, 2.45) is 0 Å². The molecular formula is C9H17N3O2. The molecule has 0 aliphatic heterocycles. The van der Waals surface area contributed by atoms with Crippen molar-refractivity contribution in [2.45, 2.75) is 38.3 Å². The van der Waals surface area contributed by atoms with E-state index in [-0.39, 0.29) is 11.9 Å². The molecule has 0 heterocycles. The SMILES string of the molecule is CNC(=O)C(C)NC(=O)NC1CCC1. The Balaban J connectivity index is 2.21. The summed E-state index contributed by atoms with van der Waals surface area (Å²) in [5, 5.41) is 7.83. The number of carbonyl (C=O) groups is 2. The average Bonchev–Trinajstić information content (AvgIpc) is 2.10. The summed E-state index contributed by atoms with van der Waals surface area (Å²) in [5.74, 6) is -0.186. The lowest BCUT2D eigenvalue weighted by Crippen LogP contribution is -2.51. The van der Waals surface area contributed by atoms with Gasteiger partial charge in [0.05, 0.1) is 0 Å². The van der Waals surface area contributed by atoms with Gasteiger partial charge in [0.15, 0.2) is 0 Å². The molecule has 80 valence electrons. The Labute approximate surface area is 83.6 Å². The zero-order valence-corrected chi connectivity index (χ0v) is 8.59. The molecule has 1 unspecified atom stereocenters. The minimum Gasteiger partial charge on any atom is -0.357 e. The van der Waals surface area contributed by atoms with Crippen molar-refractivity contribution in [3.63, 3.8) is 0 Å². The van der Waals surface area contributed by atoms with Crippen molar-refractivity contribution in [3.05, 3.63) is 0 Å². The average molecular weight is 199 g/mol. The minimum absolute atomic E-state index is 0.186. The van der Waals surface area contributed by atoms with Gasteiger partial charge in [-0.2, -0.15) is 0 Å². The molecule has 0 radical (unpaired) electrons. The first-order valence-electron chi connectivity index (χ1n) is 4.92. The van der Waals surface area contributed by atoms with E-state index in [0.717, 1.165) is 12.8 Å². The van der Waals surface area contributed by atoms with Crippen molar-refractivity contribution < 1.29 is 9.59 Å². The molecule has 1 rings (SSSR count). The predicted molar refractivity (Wildman–Crippen MR) is 52.8 cm³/mol. The van der Waals surface area contributed by atoms with Crippen LogP contribution in [0.2, 0.25) is 0 Å². The van der Waals surface area contributed by atoms with Gasteiger partial charge >= 0.3 is 6.03 Å². The van der Waals surface area contributed by atoms with Crippen molar-refractivity contribution in [3.8, 4) is 0 Å². The number of hydrogen-bond donors (Lipinski definition) is 3. The topological polar surface area (TPSA) is 70.2 Å². The second kappa shape index (κ2) is 4.83. The largest absolute Gasteiger partial charge is 0.357 e. The molecule has 1 aliphatic carbocycles. The van der Waals surface area contributed by atoms with Crippen molar-refractivity contribution in [1.82, 2.24) is 16.0 Å². The first-order chi connectivity index (χ1) is 6.63. The Morgan fingerprint density at radius 2 is 2.00 bits per heavy atom. The van der Waals surface area contributed by atoms with Gasteiger partial charge in [0.25, 0.3) is 0 Å². The van der Waals surface area contributed by atoms with Gasteiger partial charge in [-0.3, -0.25) is 4.79 Å². The van der Waals surface area contributed by atoms with Crippen LogP contribution in [0, 0.1) is 0 Å². The van der Waals surface area contributed by atoms with Crippen LogP contribution in [-0.2, 0) is 4.79 Å². The summed E-state index contributed by atoms with van der Waals surface area (Å²) in [6, 6.07) is -0.447. The van der Waals surface area contributed by atoms with Crippen molar-refractivity contribution in [1.29, 1.82) is 0 Å². The minimum atomic E-state index is -0.486. The van der Waals surface area contributed by atoms with E-state index in [2.05, 4.69) is 16.0 Å². The molecule has 5 heteroatoms. The van der Waals surface area contributed by atoms with Gasteiger partial charge in [-0.15, -0.1) is 0 Å². The molecule has 0 aromatic heterocycles. The maximum absolute atomic E-state index is 11.3. The molecule has 1 aliphatic rings. The fraction of sp³-hybridized carbons (Fsp3) is 0.778. The molecule has 14 heavy (non-hydrogen) atoms. The Kier molecular flexibility index (Phi) is 3.73. The number of urea groups is 1. The second-order valence-electron chi connectivity index (χ2n) is 3.58. The monoisotopic (exact) mass is 199 g/mol. The van der Waals surface area contributed by atoms with Gasteiger partial charge in [0.2, 0.25) is 5.91 Å². The summed E-state index contributed by atoms with van der Waals surface area (Å²) in [6.45, 7) is 1.65. The molecule has 0 aromatic carbocycles. The molecule has 3 amide bonds. The van der Waals surface area contributed by atoms with Gasteiger partial charge < -0.3 is 16.0 Å². The van der Waals surface area contributed by atoms with E-state index in [1.165, 1.54) is 6.42 Å². The van der Waals surface area contributed by atoms with E-state index in [1.807, 2.05) is 0 Å². The number of rotatable bonds is 3. The smallest absolute Gasteiger partial charge is 0.315 e. The van der Waals surface area contributed by atoms with Gasteiger partial charge in [-0.1, -0.05) is 0 Å². The zero-order chi connectivity index (χ0) is 10.6. The molecule has 0 bridgehead atoms. The Morgan fingerprint density at radius 3 is 2.43 bits per heavy atom. The maximum atomic E-state index is 11.3. The van der Waals surface area contributed by atoms with Crippen LogP contribution in [0.3, 0.4) is 0 Å². The lowest BCUT2D eigenvalue weighted by molar-refractivity contribution is -0.122. The van der Waals surface area contributed by atoms with Gasteiger partial charge in [0.1, 0.15) is 6.04 Å². The molecule has 0 saturated heterocycles. The third-order valence-electron chi connectivity index (χ3n) is 2.43. The molecule has 0 spiro atoms. The van der Waals surface area contributed by atoms with Crippen LogP contribution < -0.4 is 16.0 Å². The lowest BCUT2D eigenvalue weighted by Gasteiger charge is -2.27. The third kappa shape index (κ3) is 2.90. The van der Waals surface area contributed by atoms with E-state index in [9.17, 15) is 9.59 Å². The van der Waals surface area contributed by atoms with Gasteiger partial charge in [-0.05, 0) is 26.2 Å². The highest BCUT2D eigenvalue weighted by atomic mass is 16.2.